The summed E-state index contributed by atoms with van der Waals surface area (Å²) in [7, 11) is 0. The van der Waals surface area contributed by atoms with Gasteiger partial charge in [0.25, 0.3) is 0 Å². The largest absolute Gasteiger partial charge is 0.207 e. The Balaban J connectivity index is 2.43. The van der Waals surface area contributed by atoms with Crippen LogP contribution in [0.5, 0.6) is 0 Å². The Morgan fingerprint density at radius 1 is 1.42 bits per heavy atom. The van der Waals surface area contributed by atoms with Crippen molar-refractivity contribution in [1.82, 2.24) is 0 Å². The zero-order chi connectivity index (χ0) is 8.55. The molecule has 12 heavy (non-hydrogen) atoms. The molecule has 0 atom stereocenters. The normalized spacial score (nSPS) is 16.5. The molecule has 0 aromatic heterocycles. The van der Waals surface area contributed by atoms with Crippen molar-refractivity contribution in [2.75, 3.05) is 0 Å². The van der Waals surface area contributed by atoms with Crippen LogP contribution >= 0.6 is 0 Å². The van der Waals surface area contributed by atoms with E-state index in [1.807, 2.05) is 13.0 Å². The number of hydrogen-bond donors (Lipinski definition) is 0. The van der Waals surface area contributed by atoms with Crippen LogP contribution in [0.1, 0.15) is 36.8 Å². The van der Waals surface area contributed by atoms with E-state index in [1.165, 1.54) is 18.4 Å². The Morgan fingerprint density at radius 3 is 2.75 bits per heavy atom. The lowest BCUT2D eigenvalue weighted by molar-refractivity contribution is 0.608. The van der Waals surface area contributed by atoms with Gasteiger partial charge in [-0.15, -0.1) is 0 Å². The third kappa shape index (κ3) is 1.24. The Kier molecular flexibility index (Phi) is 1.87. The highest BCUT2D eigenvalue weighted by molar-refractivity contribution is 5.34. The maximum atomic E-state index is 13.2. The summed E-state index contributed by atoms with van der Waals surface area (Å²) in [5.74, 6) is 0.637. The molecule has 0 radical (unpaired) electrons. The molecule has 0 amide bonds. The van der Waals surface area contributed by atoms with Gasteiger partial charge in [0.05, 0.1) is 0 Å². The average molecular weight is 164 g/mol. The molecule has 1 aromatic rings. The smallest absolute Gasteiger partial charge is 0.126 e. The highest BCUT2D eigenvalue weighted by atomic mass is 19.1. The van der Waals surface area contributed by atoms with E-state index in [0.29, 0.717) is 5.92 Å². The summed E-state index contributed by atoms with van der Waals surface area (Å²) >= 11 is 0. The van der Waals surface area contributed by atoms with Gasteiger partial charge in [0.2, 0.25) is 0 Å². The topological polar surface area (TPSA) is 0 Å². The molecule has 0 spiro atoms. The van der Waals surface area contributed by atoms with Crippen molar-refractivity contribution in [3.63, 3.8) is 0 Å². The zero-order valence-electron chi connectivity index (χ0n) is 7.31. The fraction of sp³-hybridized carbons (Fsp3) is 0.455. The Bertz CT molecular complexity index is 287. The maximum absolute atomic E-state index is 13.2. The monoisotopic (exact) mass is 164 g/mol. The van der Waals surface area contributed by atoms with Crippen LogP contribution < -0.4 is 0 Å². The van der Waals surface area contributed by atoms with Gasteiger partial charge >= 0.3 is 0 Å². The molecule has 1 aliphatic carbocycles. The van der Waals surface area contributed by atoms with E-state index in [9.17, 15) is 4.39 Å². The summed E-state index contributed by atoms with van der Waals surface area (Å²) in [6, 6.07) is 5.45. The van der Waals surface area contributed by atoms with Crippen LogP contribution in [0, 0.1) is 5.82 Å². The van der Waals surface area contributed by atoms with Crippen LogP contribution in [0.25, 0.3) is 0 Å². The minimum Gasteiger partial charge on any atom is -0.207 e. The summed E-state index contributed by atoms with van der Waals surface area (Å²) in [5, 5.41) is 0. The summed E-state index contributed by atoms with van der Waals surface area (Å²) in [4.78, 5) is 0. The van der Waals surface area contributed by atoms with E-state index in [4.69, 9.17) is 0 Å². The molecule has 0 saturated heterocycles. The van der Waals surface area contributed by atoms with Crippen LogP contribution in [0.15, 0.2) is 18.2 Å². The standard InChI is InChI=1S/C11H13F/c1-2-9-10(8-6-7-8)4-3-5-11(9)12/h3-5,8H,2,6-7H2,1H3. The molecule has 2 rings (SSSR count). The van der Waals surface area contributed by atoms with E-state index in [-0.39, 0.29) is 5.82 Å². The lowest BCUT2D eigenvalue weighted by Gasteiger charge is -2.06. The summed E-state index contributed by atoms with van der Waals surface area (Å²) in [6.07, 6.45) is 3.31. The van der Waals surface area contributed by atoms with Crippen molar-refractivity contribution in [2.45, 2.75) is 32.1 Å². The van der Waals surface area contributed by atoms with Gasteiger partial charge in [-0.3, -0.25) is 0 Å². The number of rotatable bonds is 2. The van der Waals surface area contributed by atoms with Crippen molar-refractivity contribution >= 4 is 0 Å². The van der Waals surface area contributed by atoms with E-state index < -0.39 is 0 Å². The molecule has 1 saturated carbocycles. The Morgan fingerprint density at radius 2 is 2.17 bits per heavy atom. The van der Waals surface area contributed by atoms with E-state index in [0.717, 1.165) is 12.0 Å². The van der Waals surface area contributed by atoms with E-state index in [1.54, 1.807) is 6.07 Å². The van der Waals surface area contributed by atoms with Gasteiger partial charge in [-0.25, -0.2) is 4.39 Å². The molecule has 0 heterocycles. The van der Waals surface area contributed by atoms with Crippen LogP contribution in [-0.4, -0.2) is 0 Å². The first-order valence-corrected chi connectivity index (χ1v) is 4.60. The molecule has 0 N–H and O–H groups in total. The van der Waals surface area contributed by atoms with Crippen LogP contribution in [0.3, 0.4) is 0 Å². The lowest BCUT2D eigenvalue weighted by atomic mass is 10.0. The van der Waals surface area contributed by atoms with Gasteiger partial charge in [0, 0.05) is 0 Å². The molecule has 1 aliphatic rings. The minimum atomic E-state index is -0.0260. The van der Waals surface area contributed by atoms with Crippen LogP contribution in [0.4, 0.5) is 4.39 Å². The highest BCUT2D eigenvalue weighted by Gasteiger charge is 2.26. The molecular weight excluding hydrogens is 151 g/mol. The molecule has 0 unspecified atom stereocenters. The predicted molar refractivity (Wildman–Crippen MR) is 47.8 cm³/mol. The summed E-state index contributed by atoms with van der Waals surface area (Å²) in [6.45, 7) is 2.02. The molecular formula is C11H13F. The van der Waals surface area contributed by atoms with E-state index >= 15 is 0 Å². The molecule has 1 aromatic carbocycles. The second-order valence-corrected chi connectivity index (χ2v) is 3.44. The third-order valence-electron chi connectivity index (χ3n) is 2.53. The van der Waals surface area contributed by atoms with Crippen molar-refractivity contribution < 1.29 is 4.39 Å². The van der Waals surface area contributed by atoms with Crippen molar-refractivity contribution in [3.05, 3.63) is 35.1 Å². The predicted octanol–water partition coefficient (Wildman–Crippen LogP) is 3.27. The van der Waals surface area contributed by atoms with Crippen molar-refractivity contribution in [1.29, 1.82) is 0 Å². The lowest BCUT2D eigenvalue weighted by Crippen LogP contribution is -1.94. The van der Waals surface area contributed by atoms with Crippen molar-refractivity contribution in [2.24, 2.45) is 0 Å². The number of halogens is 1. The second-order valence-electron chi connectivity index (χ2n) is 3.44. The van der Waals surface area contributed by atoms with E-state index in [2.05, 4.69) is 6.07 Å². The van der Waals surface area contributed by atoms with Crippen LogP contribution in [0.2, 0.25) is 0 Å². The average Bonchev–Trinajstić information content (AvgIpc) is 2.86. The number of hydrogen-bond acceptors (Lipinski definition) is 0. The quantitative estimate of drug-likeness (QED) is 0.629. The molecule has 1 heteroatoms. The Hall–Kier alpha value is -0.850. The molecule has 0 bridgehead atoms. The number of benzene rings is 1. The van der Waals surface area contributed by atoms with Gasteiger partial charge in [-0.2, -0.15) is 0 Å². The first-order chi connectivity index (χ1) is 5.83. The Labute approximate surface area is 72.4 Å². The van der Waals surface area contributed by atoms with Crippen molar-refractivity contribution in [3.8, 4) is 0 Å². The van der Waals surface area contributed by atoms with Gasteiger partial charge in [0.1, 0.15) is 5.82 Å². The van der Waals surface area contributed by atoms with Gasteiger partial charge in [-0.1, -0.05) is 19.1 Å². The minimum absolute atomic E-state index is 0.0260. The molecule has 0 nitrogen and oxygen atoms in total. The van der Waals surface area contributed by atoms with Gasteiger partial charge in [-0.05, 0) is 42.4 Å². The summed E-state index contributed by atoms with van der Waals surface area (Å²) in [5.41, 5.74) is 2.18. The third-order valence-corrected chi connectivity index (χ3v) is 2.53. The summed E-state index contributed by atoms with van der Waals surface area (Å²) < 4.78 is 13.2. The molecule has 1 fully saturated rings. The first-order valence-electron chi connectivity index (χ1n) is 4.60. The molecule has 0 aliphatic heterocycles. The fourth-order valence-corrected chi connectivity index (χ4v) is 1.73. The first kappa shape index (κ1) is 7.78. The van der Waals surface area contributed by atoms with Crippen LogP contribution in [-0.2, 0) is 6.42 Å². The second kappa shape index (κ2) is 2.89. The van der Waals surface area contributed by atoms with Gasteiger partial charge < -0.3 is 0 Å². The van der Waals surface area contributed by atoms with Gasteiger partial charge in [0.15, 0.2) is 0 Å². The highest BCUT2D eigenvalue weighted by Crippen LogP contribution is 2.42. The fourth-order valence-electron chi connectivity index (χ4n) is 1.73. The SMILES string of the molecule is CCc1c(F)cccc1C1CC1. The maximum Gasteiger partial charge on any atom is 0.126 e. The molecule has 64 valence electrons. The zero-order valence-corrected chi connectivity index (χ0v) is 7.31.